The summed E-state index contributed by atoms with van der Waals surface area (Å²) in [4.78, 5) is 10.00. The van der Waals surface area contributed by atoms with Gasteiger partial charge in [0, 0.05) is 30.2 Å². The van der Waals surface area contributed by atoms with Gasteiger partial charge in [0.2, 0.25) is 5.95 Å². The molecular formula is C22H20ClF3N6S. The number of aromatic nitrogens is 4. The number of benzene rings is 1. The summed E-state index contributed by atoms with van der Waals surface area (Å²) >= 11 is 6.88. The summed E-state index contributed by atoms with van der Waals surface area (Å²) in [7, 11) is 0. The Hall–Kier alpha value is -2.43. The molecule has 1 atom stereocenters. The molecule has 1 fully saturated rings. The van der Waals surface area contributed by atoms with E-state index in [-0.39, 0.29) is 16.4 Å². The average molecular weight is 493 g/mol. The Labute approximate surface area is 197 Å². The Balaban J connectivity index is 1.26. The summed E-state index contributed by atoms with van der Waals surface area (Å²) in [5, 5.41) is 8.23. The summed E-state index contributed by atoms with van der Waals surface area (Å²) < 4.78 is 39.1. The fourth-order valence-corrected chi connectivity index (χ4v) is 5.79. The van der Waals surface area contributed by atoms with Gasteiger partial charge in [-0.2, -0.15) is 13.2 Å². The lowest BCUT2D eigenvalue weighted by atomic mass is 9.73. The summed E-state index contributed by atoms with van der Waals surface area (Å²) in [5.41, 5.74) is 8.14. The minimum atomic E-state index is -4.63. The second-order valence-corrected chi connectivity index (χ2v) is 9.81. The molecule has 1 aliphatic carbocycles. The molecule has 1 saturated heterocycles. The molecule has 2 aliphatic rings. The number of piperidine rings is 1. The minimum Gasteiger partial charge on any atom is -0.339 e. The lowest BCUT2D eigenvalue weighted by molar-refractivity contribution is -0.141. The maximum atomic E-state index is 13.0. The van der Waals surface area contributed by atoms with Crippen molar-refractivity contribution in [3.63, 3.8) is 0 Å². The number of rotatable bonds is 3. The smallest absolute Gasteiger partial charge is 0.339 e. The predicted octanol–water partition coefficient (Wildman–Crippen LogP) is 4.93. The molecule has 0 amide bonds. The Bertz CT molecular complexity index is 1170. The highest BCUT2D eigenvalue weighted by Crippen LogP contribution is 2.50. The Kier molecular flexibility index (Phi) is 5.70. The van der Waals surface area contributed by atoms with E-state index < -0.39 is 16.9 Å². The van der Waals surface area contributed by atoms with Crippen molar-refractivity contribution in [2.24, 2.45) is 11.1 Å². The molecule has 11 heteroatoms. The molecule has 3 heterocycles. The van der Waals surface area contributed by atoms with Crippen LogP contribution in [0, 0.1) is 5.41 Å². The SMILES string of the molecule is N[C@@H]1c2ccccc2CC12CCN(c1ncc(Sc3ccnc(C(F)(F)F)c3Cl)nn1)CC2. The molecule has 3 aromatic rings. The highest BCUT2D eigenvalue weighted by atomic mass is 35.5. The van der Waals surface area contributed by atoms with Crippen LogP contribution in [0.15, 0.2) is 52.6 Å². The lowest BCUT2D eigenvalue weighted by Gasteiger charge is -2.42. The largest absolute Gasteiger partial charge is 0.434 e. The normalized spacial score (nSPS) is 19.7. The molecule has 2 aromatic heterocycles. The van der Waals surface area contributed by atoms with Crippen LogP contribution in [0.5, 0.6) is 0 Å². The first kappa shape index (κ1) is 22.4. The van der Waals surface area contributed by atoms with Gasteiger partial charge in [-0.3, -0.25) is 4.98 Å². The summed E-state index contributed by atoms with van der Waals surface area (Å²) in [6.45, 7) is 1.53. The van der Waals surface area contributed by atoms with Crippen LogP contribution in [0.2, 0.25) is 5.02 Å². The lowest BCUT2D eigenvalue weighted by Crippen LogP contribution is -2.45. The standard InChI is InChI=1S/C22H20ClF3N6S/c23-17-15(5-8-28-19(17)22(24,25)26)33-16-12-29-20(31-30-16)32-9-6-21(7-10-32)11-13-3-1-2-4-14(13)18(21)27/h1-5,8,12,18H,6-7,9-11,27H2/t18-/m1/s1. The van der Waals surface area contributed by atoms with Gasteiger partial charge in [0.25, 0.3) is 0 Å². The zero-order chi connectivity index (χ0) is 23.2. The Morgan fingerprint density at radius 1 is 1.09 bits per heavy atom. The van der Waals surface area contributed by atoms with Crippen molar-refractivity contribution in [3.8, 4) is 0 Å². The van der Waals surface area contributed by atoms with Crippen molar-refractivity contribution in [2.75, 3.05) is 18.0 Å². The predicted molar refractivity (Wildman–Crippen MR) is 119 cm³/mol. The van der Waals surface area contributed by atoms with Gasteiger partial charge in [-0.05, 0) is 41.9 Å². The minimum absolute atomic E-state index is 0.0281. The van der Waals surface area contributed by atoms with E-state index in [0.717, 1.165) is 50.3 Å². The number of alkyl halides is 3. The molecule has 172 valence electrons. The second kappa shape index (κ2) is 8.41. The molecule has 2 N–H and O–H groups in total. The molecule has 33 heavy (non-hydrogen) atoms. The van der Waals surface area contributed by atoms with Gasteiger partial charge in [-0.25, -0.2) is 4.98 Å². The number of halogens is 4. The topological polar surface area (TPSA) is 80.8 Å². The van der Waals surface area contributed by atoms with Crippen LogP contribution < -0.4 is 10.6 Å². The van der Waals surface area contributed by atoms with Crippen LogP contribution >= 0.6 is 23.4 Å². The van der Waals surface area contributed by atoms with E-state index in [1.54, 1.807) is 0 Å². The van der Waals surface area contributed by atoms with Crippen molar-refractivity contribution >= 4 is 29.3 Å². The highest BCUT2D eigenvalue weighted by Gasteiger charge is 2.46. The Morgan fingerprint density at radius 2 is 1.85 bits per heavy atom. The maximum absolute atomic E-state index is 13.0. The highest BCUT2D eigenvalue weighted by molar-refractivity contribution is 7.99. The van der Waals surface area contributed by atoms with E-state index in [1.807, 2.05) is 6.07 Å². The van der Waals surface area contributed by atoms with E-state index >= 15 is 0 Å². The third kappa shape index (κ3) is 4.15. The Morgan fingerprint density at radius 3 is 2.52 bits per heavy atom. The first-order valence-electron chi connectivity index (χ1n) is 10.4. The van der Waals surface area contributed by atoms with Crippen molar-refractivity contribution < 1.29 is 13.2 Å². The van der Waals surface area contributed by atoms with E-state index in [9.17, 15) is 13.2 Å². The fraction of sp³-hybridized carbons (Fsp3) is 0.364. The van der Waals surface area contributed by atoms with Crippen LogP contribution in [0.1, 0.15) is 35.7 Å². The number of fused-ring (bicyclic) bond motifs is 1. The number of pyridine rings is 1. The molecule has 0 saturated carbocycles. The van der Waals surface area contributed by atoms with Crippen molar-refractivity contribution in [1.29, 1.82) is 0 Å². The van der Waals surface area contributed by atoms with Crippen LogP contribution in [0.4, 0.5) is 19.1 Å². The van der Waals surface area contributed by atoms with Crippen LogP contribution in [0.3, 0.4) is 0 Å². The molecule has 0 unspecified atom stereocenters. The van der Waals surface area contributed by atoms with Gasteiger partial charge in [0.1, 0.15) is 5.03 Å². The molecule has 1 spiro atoms. The van der Waals surface area contributed by atoms with Gasteiger partial charge in [-0.1, -0.05) is 47.6 Å². The summed E-state index contributed by atoms with van der Waals surface area (Å²) in [5.74, 6) is 0.495. The monoisotopic (exact) mass is 492 g/mol. The van der Waals surface area contributed by atoms with Crippen LogP contribution in [-0.4, -0.2) is 33.3 Å². The second-order valence-electron chi connectivity index (χ2n) is 8.37. The summed E-state index contributed by atoms with van der Waals surface area (Å²) in [6.07, 6.45) is 0.779. The average Bonchev–Trinajstić information content (AvgIpc) is 3.07. The van der Waals surface area contributed by atoms with E-state index in [1.165, 1.54) is 23.4 Å². The summed E-state index contributed by atoms with van der Waals surface area (Å²) in [6, 6.07) is 9.81. The van der Waals surface area contributed by atoms with Crippen molar-refractivity contribution in [1.82, 2.24) is 20.2 Å². The van der Waals surface area contributed by atoms with E-state index in [2.05, 4.69) is 43.3 Å². The maximum Gasteiger partial charge on any atom is 0.434 e. The van der Waals surface area contributed by atoms with E-state index in [4.69, 9.17) is 17.3 Å². The van der Waals surface area contributed by atoms with Crippen LogP contribution in [-0.2, 0) is 12.6 Å². The van der Waals surface area contributed by atoms with Gasteiger partial charge >= 0.3 is 6.18 Å². The number of hydrogen-bond acceptors (Lipinski definition) is 7. The molecule has 1 aromatic carbocycles. The molecule has 0 radical (unpaired) electrons. The first-order valence-corrected chi connectivity index (χ1v) is 11.6. The van der Waals surface area contributed by atoms with Crippen molar-refractivity contribution in [2.45, 2.75) is 41.4 Å². The number of hydrogen-bond donors (Lipinski definition) is 1. The number of anilines is 1. The third-order valence-corrected chi connectivity index (χ3v) is 7.95. The van der Waals surface area contributed by atoms with Gasteiger partial charge in [0.05, 0.1) is 11.2 Å². The number of nitrogens with zero attached hydrogens (tertiary/aromatic N) is 5. The van der Waals surface area contributed by atoms with Crippen LogP contribution in [0.25, 0.3) is 0 Å². The molecule has 0 bridgehead atoms. The van der Waals surface area contributed by atoms with Gasteiger partial charge < -0.3 is 10.6 Å². The number of nitrogens with two attached hydrogens (primary N) is 1. The molecule has 1 aliphatic heterocycles. The zero-order valence-electron chi connectivity index (χ0n) is 17.4. The quantitative estimate of drug-likeness (QED) is 0.555. The van der Waals surface area contributed by atoms with Gasteiger partial charge in [-0.15, -0.1) is 10.2 Å². The third-order valence-electron chi connectivity index (χ3n) is 6.50. The molecule has 6 nitrogen and oxygen atoms in total. The zero-order valence-corrected chi connectivity index (χ0v) is 19.0. The fourth-order valence-electron chi connectivity index (χ4n) is 4.72. The van der Waals surface area contributed by atoms with Crippen molar-refractivity contribution in [3.05, 3.63) is 64.6 Å². The van der Waals surface area contributed by atoms with E-state index in [0.29, 0.717) is 11.0 Å². The van der Waals surface area contributed by atoms with Gasteiger partial charge in [0.15, 0.2) is 5.69 Å². The molecule has 5 rings (SSSR count). The first-order chi connectivity index (χ1) is 15.8. The molecular weight excluding hydrogens is 473 g/mol.